The number of alkyl carbamates (subject to hydrolysis) is 1. The molecule has 1 N–H and O–H groups in total. The summed E-state index contributed by atoms with van der Waals surface area (Å²) in [5.74, 6) is -0.565. The van der Waals surface area contributed by atoms with Crippen LogP contribution in [-0.4, -0.2) is 47.9 Å². The first-order valence-electron chi connectivity index (χ1n) is 7.05. The predicted molar refractivity (Wildman–Crippen MR) is 78.7 cm³/mol. The molecule has 1 fully saturated rings. The van der Waals surface area contributed by atoms with Gasteiger partial charge >= 0.3 is 6.09 Å². The maximum Gasteiger partial charge on any atom is 0.408 e. The van der Waals surface area contributed by atoms with Gasteiger partial charge in [0.1, 0.15) is 5.60 Å². The van der Waals surface area contributed by atoms with Gasteiger partial charge in [0, 0.05) is 19.5 Å². The molecule has 0 aliphatic carbocycles. The summed E-state index contributed by atoms with van der Waals surface area (Å²) in [6, 6.07) is -0.780. The zero-order valence-electron chi connectivity index (χ0n) is 13.1. The third kappa shape index (κ3) is 5.21. The second-order valence-corrected chi connectivity index (χ2v) is 6.29. The number of hydrogen-bond acceptors (Lipinski definition) is 4. The highest BCUT2D eigenvalue weighted by Crippen LogP contribution is 2.22. The van der Waals surface area contributed by atoms with Gasteiger partial charge < -0.3 is 15.0 Å². The van der Waals surface area contributed by atoms with Gasteiger partial charge in [0.15, 0.2) is 5.78 Å². The molecular formula is C15H24N2O4. The van der Waals surface area contributed by atoms with Crippen LogP contribution in [0.3, 0.4) is 0 Å². The minimum absolute atomic E-state index is 0.00264. The number of amides is 2. The van der Waals surface area contributed by atoms with Crippen LogP contribution in [0.2, 0.25) is 0 Å². The number of hydrogen-bond donors (Lipinski definition) is 1. The number of rotatable bonds is 5. The third-order valence-corrected chi connectivity index (χ3v) is 3.29. The van der Waals surface area contributed by atoms with E-state index in [1.807, 2.05) is 0 Å². The van der Waals surface area contributed by atoms with E-state index in [-0.39, 0.29) is 24.0 Å². The second kappa shape index (κ2) is 6.74. The zero-order valence-corrected chi connectivity index (χ0v) is 13.1. The fraction of sp³-hybridized carbons (Fsp3) is 0.667. The minimum Gasteiger partial charge on any atom is -0.444 e. The Balaban J connectivity index is 2.69. The molecule has 1 heterocycles. The summed E-state index contributed by atoms with van der Waals surface area (Å²) in [6.45, 7) is 9.33. The number of ether oxygens (including phenoxy) is 1. The van der Waals surface area contributed by atoms with Crippen LogP contribution in [0.4, 0.5) is 4.79 Å². The number of carbonyl (C=O) groups is 3. The van der Waals surface area contributed by atoms with Gasteiger partial charge in [-0.2, -0.15) is 0 Å². The molecule has 21 heavy (non-hydrogen) atoms. The van der Waals surface area contributed by atoms with Crippen LogP contribution < -0.4 is 5.32 Å². The number of nitrogens with zero attached hydrogens (tertiary/aromatic N) is 1. The highest BCUT2D eigenvalue weighted by molar-refractivity contribution is 5.96. The molecule has 1 rings (SSSR count). The molecular weight excluding hydrogens is 272 g/mol. The summed E-state index contributed by atoms with van der Waals surface area (Å²) in [5.41, 5.74) is -0.644. The topological polar surface area (TPSA) is 75.7 Å². The van der Waals surface area contributed by atoms with E-state index in [1.54, 1.807) is 32.7 Å². The summed E-state index contributed by atoms with van der Waals surface area (Å²) in [4.78, 5) is 37.2. The van der Waals surface area contributed by atoms with Crippen LogP contribution >= 0.6 is 0 Å². The Morgan fingerprint density at radius 2 is 2.14 bits per heavy atom. The third-order valence-electron chi connectivity index (χ3n) is 3.29. The quantitative estimate of drug-likeness (QED) is 0.780. The van der Waals surface area contributed by atoms with Gasteiger partial charge in [-0.3, -0.25) is 9.59 Å². The van der Waals surface area contributed by atoms with E-state index in [0.717, 1.165) is 6.08 Å². The van der Waals surface area contributed by atoms with Gasteiger partial charge in [-0.15, -0.1) is 0 Å². The van der Waals surface area contributed by atoms with Gasteiger partial charge in [0.2, 0.25) is 5.91 Å². The molecule has 118 valence electrons. The molecule has 0 aromatic heterocycles. The van der Waals surface area contributed by atoms with Crippen molar-refractivity contribution in [3.63, 3.8) is 0 Å². The molecule has 6 nitrogen and oxygen atoms in total. The van der Waals surface area contributed by atoms with E-state index in [0.29, 0.717) is 13.0 Å². The fourth-order valence-corrected chi connectivity index (χ4v) is 2.24. The Labute approximate surface area is 125 Å². The summed E-state index contributed by atoms with van der Waals surface area (Å²) in [5, 5.41) is 2.53. The molecule has 0 aromatic carbocycles. The highest BCUT2D eigenvalue weighted by Gasteiger charge is 2.33. The van der Waals surface area contributed by atoms with Gasteiger partial charge in [-0.1, -0.05) is 6.58 Å². The summed E-state index contributed by atoms with van der Waals surface area (Å²) in [7, 11) is 1.73. The van der Waals surface area contributed by atoms with Crippen molar-refractivity contribution in [2.75, 3.05) is 13.6 Å². The Hall–Kier alpha value is -1.85. The van der Waals surface area contributed by atoms with Gasteiger partial charge in [-0.05, 0) is 39.7 Å². The Kier molecular flexibility index (Phi) is 5.52. The fourth-order valence-electron chi connectivity index (χ4n) is 2.24. The van der Waals surface area contributed by atoms with E-state index in [1.165, 1.54) is 0 Å². The van der Waals surface area contributed by atoms with Crippen molar-refractivity contribution in [2.24, 2.45) is 5.92 Å². The molecule has 2 amide bonds. The van der Waals surface area contributed by atoms with Gasteiger partial charge in [-0.25, -0.2) is 4.79 Å². The highest BCUT2D eigenvalue weighted by atomic mass is 16.6. The van der Waals surface area contributed by atoms with E-state index >= 15 is 0 Å². The first-order chi connectivity index (χ1) is 9.64. The van der Waals surface area contributed by atoms with Crippen LogP contribution in [0, 0.1) is 5.92 Å². The van der Waals surface area contributed by atoms with Crippen molar-refractivity contribution in [2.45, 2.75) is 45.3 Å². The van der Waals surface area contributed by atoms with Gasteiger partial charge in [0.05, 0.1) is 6.04 Å². The van der Waals surface area contributed by atoms with E-state index in [9.17, 15) is 14.4 Å². The maximum absolute atomic E-state index is 11.9. The Morgan fingerprint density at radius 1 is 1.52 bits per heavy atom. The smallest absolute Gasteiger partial charge is 0.408 e. The molecule has 2 atom stereocenters. The van der Waals surface area contributed by atoms with Crippen molar-refractivity contribution < 1.29 is 19.1 Å². The normalized spacial score (nSPS) is 20.1. The lowest BCUT2D eigenvalue weighted by molar-refractivity contribution is -0.130. The van der Waals surface area contributed by atoms with Crippen LogP contribution in [0.1, 0.15) is 33.6 Å². The van der Waals surface area contributed by atoms with E-state index < -0.39 is 17.7 Å². The van der Waals surface area contributed by atoms with Crippen LogP contribution in [0.5, 0.6) is 0 Å². The number of carbonyl (C=O) groups excluding carboxylic acids is 3. The van der Waals surface area contributed by atoms with Crippen LogP contribution in [0.25, 0.3) is 0 Å². The molecule has 0 bridgehead atoms. The standard InChI is InChI=1S/C15H24N2O4/c1-6-12(18)11(16-14(20)21-15(2,3)4)9-10-7-8-17(5)13(10)19/h6,10-11H,1,7-9H2,2-5H3,(H,16,20)/t10?,11-/m0/s1. The molecule has 1 saturated heterocycles. The lowest BCUT2D eigenvalue weighted by atomic mass is 9.96. The predicted octanol–water partition coefficient (Wildman–Crippen LogP) is 1.50. The van der Waals surface area contributed by atoms with Gasteiger partial charge in [0.25, 0.3) is 0 Å². The molecule has 6 heteroatoms. The SMILES string of the molecule is C=CC(=O)[C@H](CC1CCN(C)C1=O)NC(=O)OC(C)(C)C. The molecule has 1 aliphatic rings. The van der Waals surface area contributed by atoms with E-state index in [4.69, 9.17) is 4.74 Å². The molecule has 0 radical (unpaired) electrons. The Bertz CT molecular complexity index is 439. The lowest BCUT2D eigenvalue weighted by Gasteiger charge is -2.23. The van der Waals surface area contributed by atoms with Crippen molar-refractivity contribution in [3.05, 3.63) is 12.7 Å². The molecule has 1 unspecified atom stereocenters. The summed E-state index contributed by atoms with van der Waals surface area (Å²) in [6.07, 6.45) is 1.45. The van der Waals surface area contributed by atoms with Crippen LogP contribution in [0.15, 0.2) is 12.7 Å². The summed E-state index contributed by atoms with van der Waals surface area (Å²) >= 11 is 0. The lowest BCUT2D eigenvalue weighted by Crippen LogP contribution is -2.44. The first kappa shape index (κ1) is 17.2. The monoisotopic (exact) mass is 296 g/mol. The average Bonchev–Trinajstić information content (AvgIpc) is 2.66. The maximum atomic E-state index is 11.9. The van der Waals surface area contributed by atoms with Crippen molar-refractivity contribution in [1.82, 2.24) is 10.2 Å². The average molecular weight is 296 g/mol. The largest absolute Gasteiger partial charge is 0.444 e. The van der Waals surface area contributed by atoms with Crippen molar-refractivity contribution >= 4 is 17.8 Å². The first-order valence-corrected chi connectivity index (χ1v) is 7.05. The molecule has 0 aromatic rings. The van der Waals surface area contributed by atoms with Crippen molar-refractivity contribution in [1.29, 1.82) is 0 Å². The summed E-state index contributed by atoms with van der Waals surface area (Å²) < 4.78 is 5.14. The van der Waals surface area contributed by atoms with E-state index in [2.05, 4.69) is 11.9 Å². The molecule has 0 saturated carbocycles. The second-order valence-electron chi connectivity index (χ2n) is 6.29. The molecule has 1 aliphatic heterocycles. The zero-order chi connectivity index (χ0) is 16.2. The minimum atomic E-state index is -0.780. The number of nitrogens with one attached hydrogen (secondary N) is 1. The number of likely N-dealkylation sites (tertiary alicyclic amines) is 1. The van der Waals surface area contributed by atoms with Crippen molar-refractivity contribution in [3.8, 4) is 0 Å². The molecule has 0 spiro atoms. The number of ketones is 1. The van der Waals surface area contributed by atoms with Crippen LogP contribution in [-0.2, 0) is 14.3 Å². The Morgan fingerprint density at radius 3 is 2.57 bits per heavy atom.